The number of anilines is 3. The highest BCUT2D eigenvalue weighted by atomic mass is 35.5. The van der Waals surface area contributed by atoms with Gasteiger partial charge in [-0.05, 0) is 94.0 Å². The van der Waals surface area contributed by atoms with Crippen LogP contribution in [0.5, 0.6) is 0 Å². The molecule has 1 nitrogen and oxygen atoms in total. The second-order valence-electron chi connectivity index (χ2n) is 10.0. The molecule has 6 aromatic rings. The molecule has 0 fully saturated rings. The molecule has 0 unspecified atom stereocenters. The van der Waals surface area contributed by atoms with Crippen molar-refractivity contribution in [2.75, 3.05) is 4.90 Å². The molecule has 0 N–H and O–H groups in total. The van der Waals surface area contributed by atoms with Crippen LogP contribution < -0.4 is 4.90 Å². The zero-order valence-corrected chi connectivity index (χ0v) is 23.1. The minimum Gasteiger partial charge on any atom is -0.310 e. The maximum absolute atomic E-state index is 6.41. The van der Waals surface area contributed by atoms with Crippen LogP contribution in [0.3, 0.4) is 0 Å². The molecular weight excluding hydrogens is 529 g/mol. The Morgan fingerprint density at radius 2 is 0.875 bits per heavy atom. The number of benzene rings is 6. The van der Waals surface area contributed by atoms with E-state index >= 15 is 0 Å². The first-order chi connectivity index (χ1) is 19.7. The zero-order chi connectivity index (χ0) is 27.1. The quantitative estimate of drug-likeness (QED) is 0.205. The van der Waals surface area contributed by atoms with Gasteiger partial charge in [0.25, 0.3) is 0 Å². The molecule has 7 rings (SSSR count). The molecule has 0 saturated heterocycles. The highest BCUT2D eigenvalue weighted by Gasteiger charge is 2.46. The summed E-state index contributed by atoms with van der Waals surface area (Å²) in [5.74, 6) is 0. The first-order valence-corrected chi connectivity index (χ1v) is 14.1. The molecule has 0 aromatic heterocycles. The molecule has 0 bridgehead atoms. The fourth-order valence-corrected chi connectivity index (χ4v) is 6.45. The summed E-state index contributed by atoms with van der Waals surface area (Å²) in [6.45, 7) is 0. The molecule has 0 spiro atoms. The van der Waals surface area contributed by atoms with Crippen molar-refractivity contribution < 1.29 is 0 Å². The van der Waals surface area contributed by atoms with Crippen LogP contribution in [-0.2, 0) is 5.41 Å². The minimum atomic E-state index is -0.545. The van der Waals surface area contributed by atoms with Crippen molar-refractivity contribution in [1.29, 1.82) is 0 Å². The van der Waals surface area contributed by atoms with Gasteiger partial charge in [-0.25, -0.2) is 0 Å². The Balaban J connectivity index is 1.55. The predicted molar refractivity (Wildman–Crippen MR) is 168 cm³/mol. The number of halogens is 2. The van der Waals surface area contributed by atoms with E-state index in [1.165, 1.54) is 22.3 Å². The molecule has 1 aliphatic rings. The lowest BCUT2D eigenvalue weighted by Gasteiger charge is -2.35. The van der Waals surface area contributed by atoms with Crippen molar-refractivity contribution >= 4 is 40.3 Å². The summed E-state index contributed by atoms with van der Waals surface area (Å²) in [5, 5.41) is 1.43. The van der Waals surface area contributed by atoms with Gasteiger partial charge < -0.3 is 4.90 Å². The van der Waals surface area contributed by atoms with E-state index in [4.69, 9.17) is 23.2 Å². The van der Waals surface area contributed by atoms with Crippen molar-refractivity contribution in [2.24, 2.45) is 0 Å². The summed E-state index contributed by atoms with van der Waals surface area (Å²) in [7, 11) is 0. The van der Waals surface area contributed by atoms with Gasteiger partial charge >= 0.3 is 0 Å². The van der Waals surface area contributed by atoms with E-state index in [2.05, 4.69) is 132 Å². The van der Waals surface area contributed by atoms with Crippen LogP contribution in [0.15, 0.2) is 152 Å². The highest BCUT2D eigenvalue weighted by molar-refractivity contribution is 6.30. The summed E-state index contributed by atoms with van der Waals surface area (Å²) in [5.41, 5.74) is 10.0. The van der Waals surface area contributed by atoms with Crippen LogP contribution in [0.25, 0.3) is 11.1 Å². The summed E-state index contributed by atoms with van der Waals surface area (Å²) < 4.78 is 0. The largest absolute Gasteiger partial charge is 0.310 e. The molecular formula is C37H25Cl2N. The van der Waals surface area contributed by atoms with E-state index in [0.29, 0.717) is 0 Å². The molecule has 0 aliphatic heterocycles. The lowest BCUT2D eigenvalue weighted by molar-refractivity contribution is 0.768. The molecule has 0 saturated carbocycles. The fourth-order valence-electron chi connectivity index (χ4n) is 6.20. The van der Waals surface area contributed by atoms with Gasteiger partial charge in [0.15, 0.2) is 0 Å². The van der Waals surface area contributed by atoms with Gasteiger partial charge in [-0.1, -0.05) is 114 Å². The SMILES string of the molecule is Clc1ccc(C2(c3ccc(Cl)cc3)c3ccccc3-c3ccc(N(c4ccccc4)c4ccccc4)cc32)cc1. The summed E-state index contributed by atoms with van der Waals surface area (Å²) >= 11 is 12.8. The molecule has 192 valence electrons. The van der Waals surface area contributed by atoms with Crippen molar-refractivity contribution in [3.05, 3.63) is 184 Å². The zero-order valence-electron chi connectivity index (χ0n) is 21.6. The molecule has 1 aliphatic carbocycles. The van der Waals surface area contributed by atoms with E-state index in [-0.39, 0.29) is 0 Å². The lowest BCUT2D eigenvalue weighted by Crippen LogP contribution is -2.28. The number of rotatable bonds is 5. The van der Waals surface area contributed by atoms with Gasteiger partial charge in [0.1, 0.15) is 0 Å². The normalized spacial score (nSPS) is 12.9. The second-order valence-corrected chi connectivity index (χ2v) is 10.9. The smallest absolute Gasteiger partial charge is 0.0714 e. The Morgan fingerprint density at radius 3 is 1.43 bits per heavy atom. The summed E-state index contributed by atoms with van der Waals surface area (Å²) in [6, 6.07) is 53.2. The van der Waals surface area contributed by atoms with Crippen molar-refractivity contribution in [2.45, 2.75) is 5.41 Å². The van der Waals surface area contributed by atoms with Crippen LogP contribution in [-0.4, -0.2) is 0 Å². The number of para-hydroxylation sites is 2. The average molecular weight is 555 g/mol. The number of hydrogen-bond acceptors (Lipinski definition) is 1. The highest BCUT2D eigenvalue weighted by Crippen LogP contribution is 2.57. The van der Waals surface area contributed by atoms with E-state index in [0.717, 1.165) is 38.2 Å². The monoisotopic (exact) mass is 553 g/mol. The number of nitrogens with zero attached hydrogens (tertiary/aromatic N) is 1. The van der Waals surface area contributed by atoms with Gasteiger partial charge in [-0.15, -0.1) is 0 Å². The first kappa shape index (κ1) is 24.7. The Bertz CT molecular complexity index is 1710. The third-order valence-corrected chi connectivity index (χ3v) is 8.37. The Hall–Kier alpha value is -4.30. The van der Waals surface area contributed by atoms with Crippen LogP contribution in [0.2, 0.25) is 10.0 Å². The molecule has 6 aromatic carbocycles. The van der Waals surface area contributed by atoms with Crippen LogP contribution >= 0.6 is 23.2 Å². The Morgan fingerprint density at radius 1 is 0.400 bits per heavy atom. The Kier molecular flexibility index (Phi) is 6.20. The maximum Gasteiger partial charge on any atom is 0.0714 e. The molecule has 0 radical (unpaired) electrons. The molecule has 40 heavy (non-hydrogen) atoms. The van der Waals surface area contributed by atoms with Gasteiger partial charge in [-0.3, -0.25) is 0 Å². The van der Waals surface area contributed by atoms with Gasteiger partial charge in [0.2, 0.25) is 0 Å². The molecule has 0 atom stereocenters. The van der Waals surface area contributed by atoms with Gasteiger partial charge in [-0.2, -0.15) is 0 Å². The molecule has 3 heteroatoms. The van der Waals surface area contributed by atoms with Crippen molar-refractivity contribution in [1.82, 2.24) is 0 Å². The van der Waals surface area contributed by atoms with E-state index in [1.807, 2.05) is 24.3 Å². The maximum atomic E-state index is 6.41. The first-order valence-electron chi connectivity index (χ1n) is 13.3. The Labute approximate surface area is 244 Å². The topological polar surface area (TPSA) is 3.24 Å². The fraction of sp³-hybridized carbons (Fsp3) is 0.0270. The van der Waals surface area contributed by atoms with E-state index in [9.17, 15) is 0 Å². The standard InChI is InChI=1S/C37H25Cl2N/c38-28-19-15-26(16-20-28)37(27-17-21-29(39)22-18-27)35-14-8-7-13-33(35)34-24-23-32(25-36(34)37)40(30-9-3-1-4-10-30)31-11-5-2-6-12-31/h1-25H. The predicted octanol–water partition coefficient (Wildman–Crippen LogP) is 10.8. The van der Waals surface area contributed by atoms with E-state index in [1.54, 1.807) is 0 Å². The van der Waals surface area contributed by atoms with Crippen LogP contribution in [0.4, 0.5) is 17.1 Å². The van der Waals surface area contributed by atoms with Crippen LogP contribution in [0, 0.1) is 0 Å². The van der Waals surface area contributed by atoms with Crippen molar-refractivity contribution in [3.63, 3.8) is 0 Å². The average Bonchev–Trinajstić information content (AvgIpc) is 3.30. The summed E-state index contributed by atoms with van der Waals surface area (Å²) in [4.78, 5) is 2.32. The third kappa shape index (κ3) is 3.93. The van der Waals surface area contributed by atoms with E-state index < -0.39 is 5.41 Å². The molecule has 0 amide bonds. The minimum absolute atomic E-state index is 0.545. The van der Waals surface area contributed by atoms with Gasteiger partial charge in [0, 0.05) is 27.1 Å². The third-order valence-electron chi connectivity index (χ3n) is 7.87. The molecule has 0 heterocycles. The number of fused-ring (bicyclic) bond motifs is 3. The van der Waals surface area contributed by atoms with Gasteiger partial charge in [0.05, 0.1) is 5.41 Å². The van der Waals surface area contributed by atoms with Crippen molar-refractivity contribution in [3.8, 4) is 11.1 Å². The second kappa shape index (κ2) is 10.0. The lowest BCUT2D eigenvalue weighted by atomic mass is 9.67. The van der Waals surface area contributed by atoms with Crippen LogP contribution in [0.1, 0.15) is 22.3 Å². The number of hydrogen-bond donors (Lipinski definition) is 0. The summed E-state index contributed by atoms with van der Waals surface area (Å²) in [6.07, 6.45) is 0.